The fourth-order valence-electron chi connectivity index (χ4n) is 3.12. The predicted molar refractivity (Wildman–Crippen MR) is 97.4 cm³/mol. The van der Waals surface area contributed by atoms with Crippen LogP contribution >= 0.6 is 0 Å². The van der Waals surface area contributed by atoms with Crippen LogP contribution in [0.5, 0.6) is 11.5 Å². The number of rotatable bonds is 5. The molecule has 2 N–H and O–H groups in total. The van der Waals surface area contributed by atoms with Gasteiger partial charge in [0.1, 0.15) is 11.5 Å². The number of methoxy groups -OCH3 is 2. The van der Waals surface area contributed by atoms with Crippen molar-refractivity contribution < 1.29 is 19.1 Å². The van der Waals surface area contributed by atoms with Gasteiger partial charge in [0.05, 0.1) is 26.2 Å². The summed E-state index contributed by atoms with van der Waals surface area (Å²) in [5.74, 6) is 0.329. The zero-order chi connectivity index (χ0) is 18.7. The Morgan fingerprint density at radius 3 is 2.46 bits per heavy atom. The van der Waals surface area contributed by atoms with Gasteiger partial charge in [-0.05, 0) is 18.2 Å². The van der Waals surface area contributed by atoms with E-state index in [9.17, 15) is 9.59 Å². The topological polar surface area (TPSA) is 76.7 Å². The molecule has 0 unspecified atom stereocenters. The second kappa shape index (κ2) is 7.31. The van der Waals surface area contributed by atoms with Crippen LogP contribution in [0.4, 0.5) is 4.79 Å². The molecule has 6 heteroatoms. The highest BCUT2D eigenvalue weighted by atomic mass is 16.5. The summed E-state index contributed by atoms with van der Waals surface area (Å²) in [6.45, 7) is 3.90. The van der Waals surface area contributed by atoms with Gasteiger partial charge in [-0.2, -0.15) is 0 Å². The molecular formula is C20H20N2O4. The van der Waals surface area contributed by atoms with E-state index in [0.717, 1.165) is 0 Å². The van der Waals surface area contributed by atoms with E-state index in [4.69, 9.17) is 9.47 Å². The van der Waals surface area contributed by atoms with Gasteiger partial charge in [-0.1, -0.05) is 36.9 Å². The first-order chi connectivity index (χ1) is 12.5. The van der Waals surface area contributed by atoms with Crippen LogP contribution in [0.25, 0.3) is 0 Å². The van der Waals surface area contributed by atoms with Crippen molar-refractivity contribution >= 4 is 11.8 Å². The van der Waals surface area contributed by atoms with Crippen molar-refractivity contribution in [3.05, 3.63) is 71.9 Å². The van der Waals surface area contributed by atoms with Crippen LogP contribution in [-0.2, 0) is 0 Å². The largest absolute Gasteiger partial charge is 0.497 e. The third kappa shape index (κ3) is 3.26. The van der Waals surface area contributed by atoms with Crippen LogP contribution in [0.15, 0.2) is 60.8 Å². The number of carbonyl (C=O) groups excluding carboxylic acids is 2. The van der Waals surface area contributed by atoms with Gasteiger partial charge in [0.25, 0.3) is 0 Å². The van der Waals surface area contributed by atoms with Crippen LogP contribution in [0.3, 0.4) is 0 Å². The van der Waals surface area contributed by atoms with Gasteiger partial charge in [-0.15, -0.1) is 0 Å². The lowest BCUT2D eigenvalue weighted by atomic mass is 9.83. The van der Waals surface area contributed by atoms with Crippen LogP contribution in [0.1, 0.15) is 22.0 Å². The number of hydrogen-bond donors (Lipinski definition) is 2. The monoisotopic (exact) mass is 352 g/mol. The zero-order valence-electron chi connectivity index (χ0n) is 14.6. The molecule has 6 nitrogen and oxygen atoms in total. The molecule has 2 atom stereocenters. The zero-order valence-corrected chi connectivity index (χ0v) is 14.6. The number of amides is 2. The van der Waals surface area contributed by atoms with E-state index in [-0.39, 0.29) is 5.78 Å². The molecule has 1 fully saturated rings. The van der Waals surface area contributed by atoms with E-state index in [1.165, 1.54) is 7.11 Å². The van der Waals surface area contributed by atoms with E-state index in [1.807, 2.05) is 6.07 Å². The van der Waals surface area contributed by atoms with E-state index < -0.39 is 18.0 Å². The second-order valence-corrected chi connectivity index (χ2v) is 5.92. The smallest absolute Gasteiger partial charge is 0.319 e. The molecule has 0 bridgehead atoms. The maximum atomic E-state index is 13.1. The molecule has 0 aliphatic carbocycles. The molecule has 0 radical (unpaired) electrons. The van der Waals surface area contributed by atoms with Crippen LogP contribution < -0.4 is 20.1 Å². The number of urea groups is 1. The number of ketones is 1. The first kappa shape index (κ1) is 17.5. The molecule has 3 rings (SSSR count). The Balaban J connectivity index is 2.08. The number of carbonyl (C=O) groups is 2. The van der Waals surface area contributed by atoms with E-state index in [0.29, 0.717) is 28.3 Å². The fourth-order valence-corrected chi connectivity index (χ4v) is 3.12. The van der Waals surface area contributed by atoms with Crippen molar-refractivity contribution in [3.63, 3.8) is 0 Å². The van der Waals surface area contributed by atoms with Crippen LogP contribution in [0.2, 0.25) is 0 Å². The van der Waals surface area contributed by atoms with Crippen LogP contribution in [-0.4, -0.2) is 26.0 Å². The van der Waals surface area contributed by atoms with E-state index >= 15 is 0 Å². The summed E-state index contributed by atoms with van der Waals surface area (Å²) >= 11 is 0. The molecule has 0 saturated carbocycles. The maximum absolute atomic E-state index is 13.1. The average molecular weight is 352 g/mol. The minimum atomic E-state index is -0.684. The second-order valence-electron chi connectivity index (χ2n) is 5.92. The molecule has 1 heterocycles. The van der Waals surface area contributed by atoms with Crippen molar-refractivity contribution in [1.29, 1.82) is 0 Å². The average Bonchev–Trinajstić information content (AvgIpc) is 2.67. The van der Waals surface area contributed by atoms with Crippen molar-refractivity contribution in [2.75, 3.05) is 14.2 Å². The van der Waals surface area contributed by atoms with Gasteiger partial charge in [-0.25, -0.2) is 4.79 Å². The highest BCUT2D eigenvalue weighted by Gasteiger charge is 2.39. The third-order valence-electron chi connectivity index (χ3n) is 4.38. The van der Waals surface area contributed by atoms with Gasteiger partial charge < -0.3 is 20.1 Å². The number of Topliss-reactive ketones (excluding diaryl/α,β-unsaturated/α-hetero) is 1. The normalized spacial score (nSPS) is 19.3. The Hall–Kier alpha value is -3.28. The Morgan fingerprint density at radius 1 is 1.08 bits per heavy atom. The van der Waals surface area contributed by atoms with Crippen molar-refractivity contribution in [2.45, 2.75) is 6.04 Å². The Kier molecular flexibility index (Phi) is 4.93. The molecule has 1 saturated heterocycles. The summed E-state index contributed by atoms with van der Waals surface area (Å²) in [6, 6.07) is 13.1. The van der Waals surface area contributed by atoms with E-state index in [1.54, 1.807) is 49.6 Å². The SMILES string of the molecule is C=C1NC(=O)N[C@H](c2cc(OC)ccc2OC)[C@H]1C(=O)c1ccccc1. The quantitative estimate of drug-likeness (QED) is 0.811. The summed E-state index contributed by atoms with van der Waals surface area (Å²) in [6.07, 6.45) is 0. The molecule has 134 valence electrons. The fraction of sp³-hybridized carbons (Fsp3) is 0.200. The highest BCUT2D eigenvalue weighted by Crippen LogP contribution is 2.38. The van der Waals surface area contributed by atoms with Crippen molar-refractivity contribution in [3.8, 4) is 11.5 Å². The van der Waals surface area contributed by atoms with Gasteiger partial charge in [-0.3, -0.25) is 4.79 Å². The number of ether oxygens (including phenoxy) is 2. The Labute approximate surface area is 151 Å². The minimum Gasteiger partial charge on any atom is -0.497 e. The molecular weight excluding hydrogens is 332 g/mol. The lowest BCUT2D eigenvalue weighted by Crippen LogP contribution is -2.50. The standard InChI is InChI=1S/C20H20N2O4/c1-12-17(19(23)13-7-5-4-6-8-13)18(22-20(24)21-12)15-11-14(25-2)9-10-16(15)26-3/h4-11,17-18H,1H2,2-3H3,(H2,21,22,24)/t17-,18+/m0/s1. The Morgan fingerprint density at radius 2 is 1.81 bits per heavy atom. The molecule has 26 heavy (non-hydrogen) atoms. The molecule has 1 aliphatic rings. The third-order valence-corrected chi connectivity index (χ3v) is 4.38. The summed E-state index contributed by atoms with van der Waals surface area (Å²) in [5, 5.41) is 5.43. The number of hydrogen-bond acceptors (Lipinski definition) is 4. The minimum absolute atomic E-state index is 0.141. The molecule has 1 aliphatic heterocycles. The van der Waals surface area contributed by atoms with Crippen molar-refractivity contribution in [1.82, 2.24) is 10.6 Å². The first-order valence-corrected chi connectivity index (χ1v) is 8.12. The van der Waals surface area contributed by atoms with Gasteiger partial charge in [0.2, 0.25) is 0 Å². The lowest BCUT2D eigenvalue weighted by molar-refractivity contribution is 0.0904. The molecule has 0 spiro atoms. The number of benzene rings is 2. The number of nitrogens with one attached hydrogen (secondary N) is 2. The van der Waals surface area contributed by atoms with Gasteiger partial charge >= 0.3 is 6.03 Å². The first-order valence-electron chi connectivity index (χ1n) is 8.12. The highest BCUT2D eigenvalue weighted by molar-refractivity contribution is 6.01. The molecule has 0 aromatic heterocycles. The molecule has 2 aromatic carbocycles. The van der Waals surface area contributed by atoms with E-state index in [2.05, 4.69) is 17.2 Å². The van der Waals surface area contributed by atoms with Crippen LogP contribution in [0, 0.1) is 5.92 Å². The van der Waals surface area contributed by atoms with Gasteiger partial charge in [0, 0.05) is 16.8 Å². The molecule has 2 amide bonds. The summed E-state index contributed by atoms with van der Waals surface area (Å²) in [5.41, 5.74) is 1.54. The maximum Gasteiger partial charge on any atom is 0.319 e. The lowest BCUT2D eigenvalue weighted by Gasteiger charge is -2.34. The summed E-state index contributed by atoms with van der Waals surface area (Å²) in [4.78, 5) is 25.2. The Bertz CT molecular complexity index is 848. The van der Waals surface area contributed by atoms with Gasteiger partial charge in [0.15, 0.2) is 5.78 Å². The summed E-state index contributed by atoms with van der Waals surface area (Å²) < 4.78 is 10.7. The van der Waals surface area contributed by atoms with Crippen molar-refractivity contribution in [2.24, 2.45) is 5.92 Å². The predicted octanol–water partition coefficient (Wildman–Crippen LogP) is 3.07. The molecule has 2 aromatic rings. The summed E-state index contributed by atoms with van der Waals surface area (Å²) in [7, 11) is 3.09.